The van der Waals surface area contributed by atoms with Crippen molar-refractivity contribution in [3.05, 3.63) is 60.0 Å². The summed E-state index contributed by atoms with van der Waals surface area (Å²) in [5, 5.41) is 3.42. The van der Waals surface area contributed by atoms with E-state index in [4.69, 9.17) is 9.47 Å². The molecule has 0 spiro atoms. The first-order valence-electron chi connectivity index (χ1n) is 10.9. The van der Waals surface area contributed by atoms with E-state index in [1.807, 2.05) is 36.4 Å². The second-order valence-corrected chi connectivity index (χ2v) is 8.19. The number of nitrogens with one attached hydrogen (secondary N) is 2. The molecular formula is C25H28N4O4. The highest BCUT2D eigenvalue weighted by Crippen LogP contribution is 2.42. The maximum Gasteiger partial charge on any atom is 0.226 e. The Hall–Kier alpha value is -3.65. The van der Waals surface area contributed by atoms with Crippen LogP contribution in [0.1, 0.15) is 22.5 Å². The van der Waals surface area contributed by atoms with Crippen LogP contribution in [0, 0.1) is 5.92 Å². The summed E-state index contributed by atoms with van der Waals surface area (Å²) < 4.78 is 11.0. The quantitative estimate of drug-likeness (QED) is 0.511. The molecule has 0 saturated heterocycles. The molecule has 3 aromatic rings. The van der Waals surface area contributed by atoms with E-state index in [-0.39, 0.29) is 24.0 Å². The van der Waals surface area contributed by atoms with Crippen LogP contribution >= 0.6 is 0 Å². The zero-order valence-electron chi connectivity index (χ0n) is 19.1. The van der Waals surface area contributed by atoms with Gasteiger partial charge in [-0.15, -0.1) is 0 Å². The molecule has 2 aromatic heterocycles. The number of anilines is 2. The number of ether oxygens (including phenoxy) is 2. The van der Waals surface area contributed by atoms with Gasteiger partial charge in [-0.2, -0.15) is 0 Å². The fraction of sp³-hybridized carbons (Fsp3) is 0.320. The van der Waals surface area contributed by atoms with Crippen LogP contribution in [0.15, 0.2) is 48.8 Å². The zero-order valence-corrected chi connectivity index (χ0v) is 19.1. The van der Waals surface area contributed by atoms with E-state index in [0.717, 1.165) is 22.6 Å². The zero-order chi connectivity index (χ0) is 23.4. The first kappa shape index (κ1) is 22.5. The summed E-state index contributed by atoms with van der Waals surface area (Å²) in [7, 11) is 5.04. The number of para-hydroxylation sites is 1. The number of amides is 1. The lowest BCUT2D eigenvalue weighted by atomic mass is 9.85. The molecule has 2 heterocycles. The number of Topliss-reactive ketones (excluding diaryl/α,β-unsaturated/α-hetero) is 1. The molecule has 0 bridgehead atoms. The van der Waals surface area contributed by atoms with Crippen molar-refractivity contribution in [2.75, 3.05) is 39.7 Å². The predicted molar refractivity (Wildman–Crippen MR) is 126 cm³/mol. The maximum atomic E-state index is 13.3. The van der Waals surface area contributed by atoms with E-state index >= 15 is 0 Å². The summed E-state index contributed by atoms with van der Waals surface area (Å²) in [4.78, 5) is 35.1. The number of ketones is 1. The Morgan fingerprint density at radius 1 is 1.18 bits per heavy atom. The predicted octanol–water partition coefficient (Wildman–Crippen LogP) is 3.68. The lowest BCUT2D eigenvalue weighted by Crippen LogP contribution is -2.35. The number of pyridine rings is 1. The number of methoxy groups -OCH3 is 1. The monoisotopic (exact) mass is 448 g/mol. The summed E-state index contributed by atoms with van der Waals surface area (Å²) in [6.45, 7) is 0.812. The van der Waals surface area contributed by atoms with E-state index in [0.29, 0.717) is 36.6 Å². The summed E-state index contributed by atoms with van der Waals surface area (Å²) >= 11 is 0. The molecule has 2 N–H and O–H groups in total. The smallest absolute Gasteiger partial charge is 0.226 e. The lowest BCUT2D eigenvalue weighted by molar-refractivity contribution is -0.133. The number of carbonyl (C=O) groups is 2. The second-order valence-electron chi connectivity index (χ2n) is 8.19. The van der Waals surface area contributed by atoms with Crippen LogP contribution < -0.4 is 10.1 Å². The fourth-order valence-electron chi connectivity index (χ4n) is 4.13. The highest BCUT2D eigenvalue weighted by atomic mass is 16.5. The molecule has 8 heteroatoms. The van der Waals surface area contributed by atoms with Crippen molar-refractivity contribution in [2.24, 2.45) is 5.92 Å². The van der Waals surface area contributed by atoms with Gasteiger partial charge in [-0.05, 0) is 18.2 Å². The van der Waals surface area contributed by atoms with Crippen LogP contribution in [0.5, 0.6) is 5.75 Å². The molecule has 1 aliphatic rings. The van der Waals surface area contributed by atoms with Crippen LogP contribution in [-0.4, -0.2) is 61.0 Å². The van der Waals surface area contributed by atoms with Crippen molar-refractivity contribution in [1.29, 1.82) is 0 Å². The number of fused-ring (bicyclic) bond motifs is 1. The fourth-order valence-corrected chi connectivity index (χ4v) is 4.13. The summed E-state index contributed by atoms with van der Waals surface area (Å²) in [6, 6.07) is 11.5. The molecule has 0 fully saturated rings. The number of aromatic amines is 1. The molecule has 172 valence electrons. The lowest BCUT2D eigenvalue weighted by Gasteiger charge is -2.24. The van der Waals surface area contributed by atoms with E-state index in [9.17, 15) is 9.59 Å². The third-order valence-electron chi connectivity index (χ3n) is 5.67. The largest absolute Gasteiger partial charge is 0.489 e. The molecule has 1 atom stereocenters. The molecule has 0 aliphatic heterocycles. The van der Waals surface area contributed by atoms with Gasteiger partial charge in [0, 0.05) is 57.2 Å². The molecular weight excluding hydrogens is 420 g/mol. The van der Waals surface area contributed by atoms with Crippen molar-refractivity contribution in [3.63, 3.8) is 0 Å². The molecule has 33 heavy (non-hydrogen) atoms. The number of H-pyrrole nitrogens is 1. The van der Waals surface area contributed by atoms with Gasteiger partial charge in [-0.3, -0.25) is 14.6 Å². The Labute approximate surface area is 192 Å². The number of hydrogen-bond acceptors (Lipinski definition) is 6. The topological polar surface area (TPSA) is 96.5 Å². The SMILES string of the molecule is COCCOc1cnccc1-c1[nH]c2c(c1Nc1ccccc1)C(=O)CC(C(=O)N(C)C)C2. The highest BCUT2D eigenvalue weighted by Gasteiger charge is 2.35. The third-order valence-corrected chi connectivity index (χ3v) is 5.67. The number of aromatic nitrogens is 2. The normalized spacial score (nSPS) is 15.1. The third kappa shape index (κ3) is 4.75. The van der Waals surface area contributed by atoms with Crippen LogP contribution in [0.3, 0.4) is 0 Å². The van der Waals surface area contributed by atoms with Crippen LogP contribution in [0.2, 0.25) is 0 Å². The number of hydrogen-bond donors (Lipinski definition) is 2. The van der Waals surface area contributed by atoms with Crippen molar-refractivity contribution < 1.29 is 19.1 Å². The molecule has 0 radical (unpaired) electrons. The standard InChI is InChI=1S/C25H28N4O4/c1-29(2)25(31)16-13-19-22(20(30)14-16)24(27-17-7-5-4-6-8-17)23(28-19)18-9-10-26-15-21(18)33-12-11-32-3/h4-10,15-16,27-28H,11-14H2,1-3H3. The van der Waals surface area contributed by atoms with Gasteiger partial charge in [0.2, 0.25) is 5.91 Å². The van der Waals surface area contributed by atoms with Crippen molar-refractivity contribution in [2.45, 2.75) is 12.8 Å². The summed E-state index contributed by atoms with van der Waals surface area (Å²) in [5.41, 5.74) is 4.38. The Balaban J connectivity index is 1.80. The number of benzene rings is 1. The first-order chi connectivity index (χ1) is 16.0. The average molecular weight is 449 g/mol. The molecule has 1 aromatic carbocycles. The molecule has 1 aliphatic carbocycles. The van der Waals surface area contributed by atoms with Crippen molar-refractivity contribution >= 4 is 23.1 Å². The van der Waals surface area contributed by atoms with Gasteiger partial charge in [0.1, 0.15) is 12.4 Å². The second kappa shape index (κ2) is 9.87. The average Bonchev–Trinajstić information content (AvgIpc) is 3.18. The Morgan fingerprint density at radius 2 is 1.97 bits per heavy atom. The Bertz CT molecular complexity index is 1140. The Morgan fingerprint density at radius 3 is 2.70 bits per heavy atom. The van der Waals surface area contributed by atoms with Gasteiger partial charge in [-0.1, -0.05) is 18.2 Å². The minimum atomic E-state index is -0.383. The molecule has 1 amide bonds. The van der Waals surface area contributed by atoms with Gasteiger partial charge in [0.15, 0.2) is 5.78 Å². The minimum Gasteiger partial charge on any atom is -0.489 e. The van der Waals surface area contributed by atoms with Crippen LogP contribution in [0.4, 0.5) is 11.4 Å². The van der Waals surface area contributed by atoms with Gasteiger partial charge < -0.3 is 24.7 Å². The summed E-state index contributed by atoms with van der Waals surface area (Å²) in [6.07, 6.45) is 3.98. The van der Waals surface area contributed by atoms with Crippen molar-refractivity contribution in [3.8, 4) is 17.0 Å². The molecule has 4 rings (SSSR count). The number of nitrogens with zero attached hydrogens (tertiary/aromatic N) is 2. The van der Waals surface area contributed by atoms with Gasteiger partial charge in [-0.25, -0.2) is 0 Å². The number of rotatable bonds is 8. The van der Waals surface area contributed by atoms with Gasteiger partial charge >= 0.3 is 0 Å². The van der Waals surface area contributed by atoms with Gasteiger partial charge in [0.25, 0.3) is 0 Å². The highest BCUT2D eigenvalue weighted by molar-refractivity contribution is 6.09. The minimum absolute atomic E-state index is 0.0461. The maximum absolute atomic E-state index is 13.3. The van der Waals surface area contributed by atoms with Crippen LogP contribution in [-0.2, 0) is 16.0 Å². The number of carbonyl (C=O) groups excluding carboxylic acids is 2. The van der Waals surface area contributed by atoms with E-state index in [1.54, 1.807) is 38.5 Å². The van der Waals surface area contributed by atoms with E-state index in [1.165, 1.54) is 0 Å². The molecule has 0 saturated carbocycles. The van der Waals surface area contributed by atoms with E-state index < -0.39 is 0 Å². The van der Waals surface area contributed by atoms with E-state index in [2.05, 4.69) is 15.3 Å². The summed E-state index contributed by atoms with van der Waals surface area (Å²) in [5.74, 6) is 0.0899. The first-order valence-corrected chi connectivity index (χ1v) is 10.9. The Kier molecular flexibility index (Phi) is 6.74. The molecule has 1 unspecified atom stereocenters. The van der Waals surface area contributed by atoms with Crippen molar-refractivity contribution in [1.82, 2.24) is 14.9 Å². The van der Waals surface area contributed by atoms with Gasteiger partial charge in [0.05, 0.1) is 35.7 Å². The molecule has 8 nitrogen and oxygen atoms in total. The van der Waals surface area contributed by atoms with Crippen LogP contribution in [0.25, 0.3) is 11.3 Å².